The van der Waals surface area contributed by atoms with Crippen molar-refractivity contribution in [2.45, 2.75) is 6.92 Å². The van der Waals surface area contributed by atoms with E-state index in [-0.39, 0.29) is 0 Å². The van der Waals surface area contributed by atoms with Crippen LogP contribution in [0.5, 0.6) is 0 Å². The Hall–Kier alpha value is -1.29. The van der Waals surface area contributed by atoms with Crippen LogP contribution < -0.4 is 11.5 Å². The lowest BCUT2D eigenvalue weighted by atomic mass is 10.3. The SMILES string of the molecule is CC(N)=CC(N)=Nc1cccc(Br)c1. The van der Waals surface area contributed by atoms with Crippen molar-refractivity contribution in [2.24, 2.45) is 16.5 Å². The minimum absolute atomic E-state index is 0.406. The molecule has 0 aliphatic rings. The lowest BCUT2D eigenvalue weighted by Gasteiger charge is -1.97. The molecule has 74 valence electrons. The van der Waals surface area contributed by atoms with Gasteiger partial charge in [-0.05, 0) is 31.2 Å². The summed E-state index contributed by atoms with van der Waals surface area (Å²) >= 11 is 3.35. The average molecular weight is 254 g/mol. The van der Waals surface area contributed by atoms with Crippen LogP contribution in [0.1, 0.15) is 6.92 Å². The zero-order chi connectivity index (χ0) is 10.6. The van der Waals surface area contributed by atoms with Crippen molar-refractivity contribution in [2.75, 3.05) is 0 Å². The molecule has 0 aliphatic heterocycles. The van der Waals surface area contributed by atoms with Gasteiger partial charge in [0.05, 0.1) is 5.69 Å². The summed E-state index contributed by atoms with van der Waals surface area (Å²) < 4.78 is 0.972. The Labute approximate surface area is 91.6 Å². The van der Waals surface area contributed by atoms with Gasteiger partial charge in [0.1, 0.15) is 5.84 Å². The van der Waals surface area contributed by atoms with Crippen LogP contribution in [0.2, 0.25) is 0 Å². The molecule has 0 bridgehead atoms. The van der Waals surface area contributed by atoms with Gasteiger partial charge in [-0.15, -0.1) is 0 Å². The summed E-state index contributed by atoms with van der Waals surface area (Å²) in [7, 11) is 0. The lowest BCUT2D eigenvalue weighted by molar-refractivity contribution is 1.31. The van der Waals surface area contributed by atoms with Crippen LogP contribution in [0.25, 0.3) is 0 Å². The Kier molecular flexibility index (Phi) is 3.71. The third-order valence-corrected chi connectivity index (χ3v) is 1.94. The van der Waals surface area contributed by atoms with Gasteiger partial charge in [0, 0.05) is 10.2 Å². The van der Waals surface area contributed by atoms with Crippen LogP contribution in [-0.4, -0.2) is 5.84 Å². The molecule has 0 fully saturated rings. The number of allylic oxidation sites excluding steroid dienone is 1. The molecule has 0 aliphatic carbocycles. The zero-order valence-electron chi connectivity index (χ0n) is 7.87. The number of hydrogen-bond acceptors (Lipinski definition) is 2. The summed E-state index contributed by atoms with van der Waals surface area (Å²) in [5, 5.41) is 0. The lowest BCUT2D eigenvalue weighted by Crippen LogP contribution is -2.09. The fraction of sp³-hybridized carbons (Fsp3) is 0.100. The quantitative estimate of drug-likeness (QED) is 0.628. The molecule has 0 saturated heterocycles. The van der Waals surface area contributed by atoms with Crippen molar-refractivity contribution in [1.82, 2.24) is 0 Å². The highest BCUT2D eigenvalue weighted by Gasteiger charge is 1.92. The summed E-state index contributed by atoms with van der Waals surface area (Å²) in [5.41, 5.74) is 12.5. The molecule has 0 heterocycles. The second-order valence-corrected chi connectivity index (χ2v) is 3.82. The van der Waals surface area contributed by atoms with Crippen LogP contribution in [0, 0.1) is 0 Å². The average Bonchev–Trinajstić information content (AvgIpc) is 2.01. The van der Waals surface area contributed by atoms with E-state index < -0.39 is 0 Å². The van der Waals surface area contributed by atoms with Gasteiger partial charge in [-0.1, -0.05) is 22.0 Å². The van der Waals surface area contributed by atoms with Crippen LogP contribution in [0.4, 0.5) is 5.69 Å². The number of benzene rings is 1. The van der Waals surface area contributed by atoms with E-state index in [0.29, 0.717) is 11.5 Å². The molecule has 0 spiro atoms. The maximum Gasteiger partial charge on any atom is 0.125 e. The fourth-order valence-corrected chi connectivity index (χ4v) is 1.35. The summed E-state index contributed by atoms with van der Waals surface area (Å²) in [6, 6.07) is 7.58. The molecule has 0 aromatic heterocycles. The third kappa shape index (κ3) is 3.62. The maximum absolute atomic E-state index is 5.64. The highest BCUT2D eigenvalue weighted by molar-refractivity contribution is 9.10. The monoisotopic (exact) mass is 253 g/mol. The first-order valence-corrected chi connectivity index (χ1v) is 4.91. The third-order valence-electron chi connectivity index (χ3n) is 1.44. The Morgan fingerprint density at radius 3 is 2.71 bits per heavy atom. The molecular weight excluding hydrogens is 242 g/mol. The van der Waals surface area contributed by atoms with Gasteiger partial charge < -0.3 is 11.5 Å². The van der Waals surface area contributed by atoms with E-state index in [1.807, 2.05) is 24.3 Å². The minimum Gasteiger partial charge on any atom is -0.402 e. The summed E-state index contributed by atoms with van der Waals surface area (Å²) in [6.45, 7) is 1.77. The number of nitrogens with two attached hydrogens (primary N) is 2. The van der Waals surface area contributed by atoms with Crippen molar-refractivity contribution < 1.29 is 0 Å². The van der Waals surface area contributed by atoms with Gasteiger partial charge in [0.2, 0.25) is 0 Å². The molecule has 1 rings (SSSR count). The second kappa shape index (κ2) is 4.81. The molecule has 4 N–H and O–H groups in total. The number of amidine groups is 1. The van der Waals surface area contributed by atoms with E-state index in [0.717, 1.165) is 10.2 Å². The summed E-state index contributed by atoms with van der Waals surface area (Å²) in [6.07, 6.45) is 1.63. The van der Waals surface area contributed by atoms with E-state index in [1.54, 1.807) is 13.0 Å². The van der Waals surface area contributed by atoms with E-state index in [9.17, 15) is 0 Å². The molecule has 0 atom stereocenters. The van der Waals surface area contributed by atoms with Crippen LogP contribution >= 0.6 is 15.9 Å². The number of hydrogen-bond donors (Lipinski definition) is 2. The summed E-state index contributed by atoms with van der Waals surface area (Å²) in [4.78, 5) is 4.17. The van der Waals surface area contributed by atoms with E-state index in [1.165, 1.54) is 0 Å². The van der Waals surface area contributed by atoms with Gasteiger partial charge in [0.15, 0.2) is 0 Å². The van der Waals surface area contributed by atoms with Crippen molar-refractivity contribution in [3.63, 3.8) is 0 Å². The van der Waals surface area contributed by atoms with E-state index in [4.69, 9.17) is 11.5 Å². The van der Waals surface area contributed by atoms with Gasteiger partial charge >= 0.3 is 0 Å². The van der Waals surface area contributed by atoms with Gasteiger partial charge in [-0.2, -0.15) is 0 Å². The van der Waals surface area contributed by atoms with Crippen molar-refractivity contribution >= 4 is 27.5 Å². The molecule has 3 nitrogen and oxygen atoms in total. The highest BCUT2D eigenvalue weighted by Crippen LogP contribution is 2.18. The van der Waals surface area contributed by atoms with Gasteiger partial charge in [-0.3, -0.25) is 0 Å². The zero-order valence-corrected chi connectivity index (χ0v) is 9.45. The Balaban J connectivity index is 2.92. The van der Waals surface area contributed by atoms with E-state index in [2.05, 4.69) is 20.9 Å². The molecule has 0 radical (unpaired) electrons. The first-order valence-electron chi connectivity index (χ1n) is 4.11. The first kappa shape index (κ1) is 10.8. The molecule has 0 amide bonds. The second-order valence-electron chi connectivity index (χ2n) is 2.90. The number of nitrogens with zero attached hydrogens (tertiary/aromatic N) is 1. The van der Waals surface area contributed by atoms with Crippen LogP contribution in [0.15, 0.2) is 45.5 Å². The molecule has 1 aromatic carbocycles. The van der Waals surface area contributed by atoms with Crippen LogP contribution in [0.3, 0.4) is 0 Å². The normalized spacial score (nSPS) is 13.0. The van der Waals surface area contributed by atoms with Gasteiger partial charge in [0.25, 0.3) is 0 Å². The van der Waals surface area contributed by atoms with Crippen LogP contribution in [-0.2, 0) is 0 Å². The number of halogens is 1. The van der Waals surface area contributed by atoms with E-state index >= 15 is 0 Å². The molecular formula is C10H12BrN3. The predicted octanol–water partition coefficient (Wildman–Crippen LogP) is 2.30. The van der Waals surface area contributed by atoms with Crippen molar-refractivity contribution in [3.05, 3.63) is 40.5 Å². The Bertz CT molecular complexity index is 379. The largest absolute Gasteiger partial charge is 0.402 e. The number of rotatable bonds is 2. The summed E-state index contributed by atoms with van der Waals surface area (Å²) in [5.74, 6) is 0.406. The fourth-order valence-electron chi connectivity index (χ4n) is 0.960. The molecule has 0 saturated carbocycles. The molecule has 0 unspecified atom stereocenters. The van der Waals surface area contributed by atoms with Gasteiger partial charge in [-0.25, -0.2) is 4.99 Å². The smallest absolute Gasteiger partial charge is 0.125 e. The first-order chi connectivity index (χ1) is 6.58. The van der Waals surface area contributed by atoms with Crippen molar-refractivity contribution in [1.29, 1.82) is 0 Å². The maximum atomic E-state index is 5.64. The topological polar surface area (TPSA) is 64.4 Å². The molecule has 1 aromatic rings. The Morgan fingerprint density at radius 1 is 1.43 bits per heavy atom. The molecule has 4 heteroatoms. The Morgan fingerprint density at radius 2 is 2.14 bits per heavy atom. The predicted molar refractivity (Wildman–Crippen MR) is 63.4 cm³/mol. The number of aliphatic imine (C=N–C) groups is 1. The minimum atomic E-state index is 0.406. The highest BCUT2D eigenvalue weighted by atomic mass is 79.9. The standard InChI is InChI=1S/C10H12BrN3/c1-7(12)5-10(13)14-9-4-2-3-8(11)6-9/h2-6H,12H2,1H3,(H2,13,14). The molecule has 14 heavy (non-hydrogen) atoms. The van der Waals surface area contributed by atoms with Crippen molar-refractivity contribution in [3.8, 4) is 0 Å².